The van der Waals surface area contributed by atoms with E-state index < -0.39 is 4.92 Å². The molecule has 0 saturated carbocycles. The lowest BCUT2D eigenvalue weighted by Crippen LogP contribution is -2.25. The number of carbonyl (C=O) groups is 1. The third kappa shape index (κ3) is 4.33. The molecule has 104 valence electrons. The molecule has 0 radical (unpaired) electrons. The summed E-state index contributed by atoms with van der Waals surface area (Å²) in [5.74, 6) is 0.0986. The molecule has 0 N–H and O–H groups in total. The summed E-state index contributed by atoms with van der Waals surface area (Å²) in [5.41, 5.74) is -0.177. The van der Waals surface area contributed by atoms with E-state index in [1.165, 1.54) is 18.2 Å². The van der Waals surface area contributed by atoms with Gasteiger partial charge in [0.05, 0.1) is 17.1 Å². The fraction of sp³-hybridized carbons (Fsp3) is 0.462. The summed E-state index contributed by atoms with van der Waals surface area (Å²) in [7, 11) is 1.59. The normalized spacial score (nSPS) is 11.1. The number of benzene rings is 1. The summed E-state index contributed by atoms with van der Waals surface area (Å²) in [5, 5.41) is 10.9. The van der Waals surface area contributed by atoms with Crippen LogP contribution in [0.5, 0.6) is 5.75 Å². The molecule has 6 heteroatoms. The Morgan fingerprint density at radius 1 is 1.42 bits per heavy atom. The maximum Gasteiger partial charge on any atom is 0.310 e. The molecular formula is C13H17NO5. The second kappa shape index (κ2) is 6.29. The van der Waals surface area contributed by atoms with E-state index in [0.29, 0.717) is 18.3 Å². The van der Waals surface area contributed by atoms with Crippen molar-refractivity contribution in [2.45, 2.75) is 25.9 Å². The lowest BCUT2D eigenvalue weighted by molar-refractivity contribution is -0.385. The van der Waals surface area contributed by atoms with E-state index in [1.54, 1.807) is 7.11 Å². The van der Waals surface area contributed by atoms with Crippen LogP contribution in [0.2, 0.25) is 0 Å². The van der Waals surface area contributed by atoms with Gasteiger partial charge in [-0.25, -0.2) is 0 Å². The Morgan fingerprint density at radius 2 is 2.11 bits per heavy atom. The molecule has 0 fully saturated rings. The van der Waals surface area contributed by atoms with Crippen LogP contribution in [-0.2, 0) is 4.74 Å². The average Bonchev–Trinajstić information content (AvgIpc) is 2.38. The Bertz CT molecular complexity index is 470. The van der Waals surface area contributed by atoms with Gasteiger partial charge in [-0.2, -0.15) is 0 Å². The number of nitro benzene ring substituents is 1. The molecule has 1 aromatic rings. The molecule has 0 aliphatic heterocycles. The minimum absolute atomic E-state index is 0.0986. The first-order valence-electron chi connectivity index (χ1n) is 5.81. The molecule has 0 atom stereocenters. The van der Waals surface area contributed by atoms with E-state index in [4.69, 9.17) is 9.47 Å². The van der Waals surface area contributed by atoms with Crippen molar-refractivity contribution < 1.29 is 19.2 Å². The zero-order valence-corrected chi connectivity index (χ0v) is 11.2. The van der Waals surface area contributed by atoms with E-state index in [-0.39, 0.29) is 23.6 Å². The first-order valence-corrected chi connectivity index (χ1v) is 5.81. The molecule has 0 heterocycles. The molecule has 0 aliphatic rings. The SMILES string of the molecule is COC(C)(C)CCOc1cc(C=O)ccc1[N+](=O)[O-]. The van der Waals surface area contributed by atoms with Crippen LogP contribution in [0.3, 0.4) is 0 Å². The Labute approximate surface area is 111 Å². The summed E-state index contributed by atoms with van der Waals surface area (Å²) in [6.07, 6.45) is 1.20. The molecule has 1 rings (SSSR count). The Morgan fingerprint density at radius 3 is 2.63 bits per heavy atom. The third-order valence-corrected chi connectivity index (χ3v) is 2.83. The van der Waals surface area contributed by atoms with Gasteiger partial charge in [0, 0.05) is 25.2 Å². The Kier molecular flexibility index (Phi) is 5.00. The highest BCUT2D eigenvalue weighted by molar-refractivity contribution is 5.76. The van der Waals surface area contributed by atoms with Crippen LogP contribution in [0.15, 0.2) is 18.2 Å². The van der Waals surface area contributed by atoms with Crippen LogP contribution in [-0.4, -0.2) is 30.5 Å². The second-order valence-electron chi connectivity index (χ2n) is 4.66. The standard InChI is InChI=1S/C13H17NO5/c1-13(2,18-3)6-7-19-12-8-10(9-15)4-5-11(12)14(16)17/h4-5,8-9H,6-7H2,1-3H3. The minimum atomic E-state index is -0.536. The summed E-state index contributed by atoms with van der Waals surface area (Å²) in [6.45, 7) is 4.06. The zero-order chi connectivity index (χ0) is 14.5. The molecule has 6 nitrogen and oxygen atoms in total. The molecule has 0 aromatic heterocycles. The predicted octanol–water partition coefficient (Wildman–Crippen LogP) is 2.60. The highest BCUT2D eigenvalue weighted by atomic mass is 16.6. The molecule has 19 heavy (non-hydrogen) atoms. The highest BCUT2D eigenvalue weighted by Gasteiger charge is 2.19. The first kappa shape index (κ1) is 15.1. The number of hydrogen-bond acceptors (Lipinski definition) is 5. The van der Waals surface area contributed by atoms with Gasteiger partial charge >= 0.3 is 5.69 Å². The minimum Gasteiger partial charge on any atom is -0.487 e. The quantitative estimate of drug-likeness (QED) is 0.431. The topological polar surface area (TPSA) is 78.7 Å². The van der Waals surface area contributed by atoms with Gasteiger partial charge in [-0.3, -0.25) is 14.9 Å². The number of rotatable bonds is 7. The van der Waals surface area contributed by atoms with Gasteiger partial charge in [-0.15, -0.1) is 0 Å². The van der Waals surface area contributed by atoms with Gasteiger partial charge in [-0.05, 0) is 26.0 Å². The maximum absolute atomic E-state index is 10.9. The predicted molar refractivity (Wildman–Crippen MR) is 69.7 cm³/mol. The summed E-state index contributed by atoms with van der Waals surface area (Å²) in [4.78, 5) is 21.0. The Hall–Kier alpha value is -1.95. The largest absolute Gasteiger partial charge is 0.487 e. The van der Waals surface area contributed by atoms with Gasteiger partial charge in [-0.1, -0.05) is 0 Å². The summed E-state index contributed by atoms with van der Waals surface area (Å²) >= 11 is 0. The number of nitro groups is 1. The van der Waals surface area contributed by atoms with Gasteiger partial charge in [0.1, 0.15) is 6.29 Å². The molecule has 0 spiro atoms. The number of aldehydes is 1. The van der Waals surface area contributed by atoms with E-state index in [0.717, 1.165) is 0 Å². The first-order chi connectivity index (χ1) is 8.89. The van der Waals surface area contributed by atoms with Gasteiger partial charge in [0.2, 0.25) is 0 Å². The third-order valence-electron chi connectivity index (χ3n) is 2.83. The number of methoxy groups -OCH3 is 1. The molecule has 0 aliphatic carbocycles. The maximum atomic E-state index is 10.9. The van der Waals surface area contributed by atoms with Crippen LogP contribution >= 0.6 is 0 Å². The van der Waals surface area contributed by atoms with Crippen molar-refractivity contribution in [1.29, 1.82) is 0 Å². The van der Waals surface area contributed by atoms with Crippen LogP contribution < -0.4 is 4.74 Å². The van der Waals surface area contributed by atoms with Crippen LogP contribution in [0.25, 0.3) is 0 Å². The van der Waals surface area contributed by atoms with Crippen LogP contribution in [0.4, 0.5) is 5.69 Å². The second-order valence-corrected chi connectivity index (χ2v) is 4.66. The number of nitrogens with zero attached hydrogens (tertiary/aromatic N) is 1. The highest BCUT2D eigenvalue weighted by Crippen LogP contribution is 2.28. The molecule has 0 unspecified atom stereocenters. The van der Waals surface area contributed by atoms with Crippen molar-refractivity contribution in [1.82, 2.24) is 0 Å². The fourth-order valence-electron chi connectivity index (χ4n) is 1.38. The van der Waals surface area contributed by atoms with Crippen molar-refractivity contribution in [2.75, 3.05) is 13.7 Å². The number of ether oxygens (including phenoxy) is 2. The van der Waals surface area contributed by atoms with Crippen molar-refractivity contribution in [3.05, 3.63) is 33.9 Å². The van der Waals surface area contributed by atoms with Crippen LogP contribution in [0.1, 0.15) is 30.6 Å². The van der Waals surface area contributed by atoms with Gasteiger partial charge in [0.25, 0.3) is 0 Å². The molecule has 0 saturated heterocycles. The molecule has 0 bridgehead atoms. The van der Waals surface area contributed by atoms with Gasteiger partial charge < -0.3 is 9.47 Å². The van der Waals surface area contributed by atoms with E-state index in [1.807, 2.05) is 13.8 Å². The zero-order valence-electron chi connectivity index (χ0n) is 11.2. The molecule has 0 amide bonds. The van der Waals surface area contributed by atoms with Crippen LogP contribution in [0, 0.1) is 10.1 Å². The molecular weight excluding hydrogens is 250 g/mol. The van der Waals surface area contributed by atoms with E-state index in [2.05, 4.69) is 0 Å². The van der Waals surface area contributed by atoms with E-state index >= 15 is 0 Å². The van der Waals surface area contributed by atoms with Crippen molar-refractivity contribution >= 4 is 12.0 Å². The number of hydrogen-bond donors (Lipinski definition) is 0. The lowest BCUT2D eigenvalue weighted by atomic mass is 10.1. The van der Waals surface area contributed by atoms with Crippen molar-refractivity contribution in [3.63, 3.8) is 0 Å². The van der Waals surface area contributed by atoms with E-state index in [9.17, 15) is 14.9 Å². The summed E-state index contributed by atoms with van der Waals surface area (Å²) in [6, 6.07) is 4.02. The van der Waals surface area contributed by atoms with Gasteiger partial charge in [0.15, 0.2) is 5.75 Å². The average molecular weight is 267 g/mol. The molecule has 1 aromatic carbocycles. The summed E-state index contributed by atoms with van der Waals surface area (Å²) < 4.78 is 10.6. The number of carbonyl (C=O) groups excluding carboxylic acids is 1. The monoisotopic (exact) mass is 267 g/mol. The van der Waals surface area contributed by atoms with Crippen molar-refractivity contribution in [3.8, 4) is 5.75 Å². The fourth-order valence-corrected chi connectivity index (χ4v) is 1.38. The lowest BCUT2D eigenvalue weighted by Gasteiger charge is -2.22. The van der Waals surface area contributed by atoms with Crippen molar-refractivity contribution in [2.24, 2.45) is 0 Å². The smallest absolute Gasteiger partial charge is 0.310 e. The Balaban J connectivity index is 2.81.